The molecule has 14 heavy (non-hydrogen) atoms. The number of ether oxygens (including phenoxy) is 1. The molecule has 0 amide bonds. The Morgan fingerprint density at radius 1 is 1.07 bits per heavy atom. The Labute approximate surface area is 88.7 Å². The zero-order valence-corrected chi connectivity index (χ0v) is 9.96. The normalized spacial score (nSPS) is 13.5. The van der Waals surface area contributed by atoms with E-state index in [2.05, 4.69) is 20.8 Å². The molecule has 1 N–H and O–H groups in total. The summed E-state index contributed by atoms with van der Waals surface area (Å²) >= 11 is 0. The highest BCUT2D eigenvalue weighted by Gasteiger charge is 2.01. The van der Waals surface area contributed by atoms with Gasteiger partial charge >= 0.3 is 0 Å². The van der Waals surface area contributed by atoms with Crippen LogP contribution in [0.25, 0.3) is 0 Å². The van der Waals surface area contributed by atoms with Gasteiger partial charge in [-0.15, -0.1) is 0 Å². The predicted molar refractivity (Wildman–Crippen MR) is 60.4 cm³/mol. The van der Waals surface area contributed by atoms with Gasteiger partial charge in [-0.2, -0.15) is 0 Å². The molecule has 0 saturated heterocycles. The fraction of sp³-hybridized carbons (Fsp3) is 1.00. The van der Waals surface area contributed by atoms with E-state index in [1.807, 2.05) is 0 Å². The molecule has 0 aliphatic heterocycles. The molecule has 0 aromatic heterocycles. The van der Waals surface area contributed by atoms with Crippen LogP contribution < -0.4 is 0 Å². The van der Waals surface area contributed by atoms with Gasteiger partial charge in [0, 0.05) is 19.8 Å². The van der Waals surface area contributed by atoms with Crippen molar-refractivity contribution in [3.63, 3.8) is 0 Å². The van der Waals surface area contributed by atoms with Gasteiger partial charge in [0.1, 0.15) is 0 Å². The highest BCUT2D eigenvalue weighted by molar-refractivity contribution is 4.51. The smallest absolute Gasteiger partial charge is 0.0491 e. The van der Waals surface area contributed by atoms with Crippen LogP contribution in [0.4, 0.5) is 0 Å². The Bertz CT molecular complexity index is 113. The van der Waals surface area contributed by atoms with E-state index in [-0.39, 0.29) is 0 Å². The molecule has 0 heterocycles. The summed E-state index contributed by atoms with van der Waals surface area (Å²) in [6.45, 7) is 8.70. The van der Waals surface area contributed by atoms with Crippen LogP contribution in [0.3, 0.4) is 0 Å². The van der Waals surface area contributed by atoms with Gasteiger partial charge in [0.05, 0.1) is 0 Å². The Hall–Kier alpha value is -0.0800. The van der Waals surface area contributed by atoms with E-state index in [1.165, 1.54) is 12.8 Å². The van der Waals surface area contributed by atoms with Crippen LogP contribution in [0, 0.1) is 11.8 Å². The monoisotopic (exact) mass is 202 g/mol. The molecule has 0 rings (SSSR count). The second kappa shape index (κ2) is 9.47. The first-order valence-corrected chi connectivity index (χ1v) is 5.85. The molecular formula is C12H26O2. The van der Waals surface area contributed by atoms with Crippen LogP contribution in [0.15, 0.2) is 0 Å². The predicted octanol–water partition coefficient (Wildman–Crippen LogP) is 2.85. The average Bonchev–Trinajstić information content (AvgIpc) is 2.13. The van der Waals surface area contributed by atoms with Gasteiger partial charge in [-0.1, -0.05) is 20.8 Å². The van der Waals surface area contributed by atoms with Crippen LogP contribution in [-0.2, 0) is 4.74 Å². The van der Waals surface area contributed by atoms with Gasteiger partial charge in [0.25, 0.3) is 0 Å². The van der Waals surface area contributed by atoms with Crippen molar-refractivity contribution in [3.8, 4) is 0 Å². The molecule has 1 atom stereocenters. The third-order valence-electron chi connectivity index (χ3n) is 2.33. The van der Waals surface area contributed by atoms with Crippen molar-refractivity contribution in [2.45, 2.75) is 46.5 Å². The SMILES string of the molecule is CC(C)CCCOCC(C)CCCO. The Balaban J connectivity index is 3.10. The van der Waals surface area contributed by atoms with E-state index in [1.54, 1.807) is 0 Å². The van der Waals surface area contributed by atoms with E-state index >= 15 is 0 Å². The lowest BCUT2D eigenvalue weighted by Crippen LogP contribution is -2.08. The molecule has 0 aliphatic rings. The topological polar surface area (TPSA) is 29.5 Å². The molecule has 2 nitrogen and oxygen atoms in total. The first kappa shape index (κ1) is 13.9. The maximum Gasteiger partial charge on any atom is 0.0491 e. The van der Waals surface area contributed by atoms with E-state index in [0.29, 0.717) is 12.5 Å². The standard InChI is InChI=1S/C12H26O2/c1-11(2)6-5-9-14-10-12(3)7-4-8-13/h11-13H,4-10H2,1-3H3. The van der Waals surface area contributed by atoms with Crippen LogP contribution >= 0.6 is 0 Å². The summed E-state index contributed by atoms with van der Waals surface area (Å²) in [5, 5.41) is 8.65. The van der Waals surface area contributed by atoms with E-state index in [9.17, 15) is 0 Å². The lowest BCUT2D eigenvalue weighted by Gasteiger charge is -2.11. The maximum absolute atomic E-state index is 8.65. The van der Waals surface area contributed by atoms with Crippen LogP contribution in [0.2, 0.25) is 0 Å². The average molecular weight is 202 g/mol. The fourth-order valence-electron chi connectivity index (χ4n) is 1.40. The highest BCUT2D eigenvalue weighted by Crippen LogP contribution is 2.07. The van der Waals surface area contributed by atoms with Crippen LogP contribution in [-0.4, -0.2) is 24.9 Å². The van der Waals surface area contributed by atoms with Gasteiger partial charge < -0.3 is 9.84 Å². The summed E-state index contributed by atoms with van der Waals surface area (Å²) in [7, 11) is 0. The van der Waals surface area contributed by atoms with E-state index in [0.717, 1.165) is 32.0 Å². The lowest BCUT2D eigenvalue weighted by atomic mass is 10.1. The Morgan fingerprint density at radius 2 is 1.79 bits per heavy atom. The third kappa shape index (κ3) is 10.0. The molecule has 2 heteroatoms. The molecule has 86 valence electrons. The minimum atomic E-state index is 0.303. The molecule has 0 aromatic rings. The summed E-state index contributed by atoms with van der Waals surface area (Å²) in [6.07, 6.45) is 4.40. The number of hydrogen-bond donors (Lipinski definition) is 1. The second-order valence-electron chi connectivity index (χ2n) is 4.58. The van der Waals surface area contributed by atoms with Crippen LogP contribution in [0.5, 0.6) is 0 Å². The van der Waals surface area contributed by atoms with E-state index in [4.69, 9.17) is 9.84 Å². The van der Waals surface area contributed by atoms with Gasteiger partial charge in [0.15, 0.2) is 0 Å². The largest absolute Gasteiger partial charge is 0.396 e. The lowest BCUT2D eigenvalue weighted by molar-refractivity contribution is 0.0944. The van der Waals surface area contributed by atoms with Crippen LogP contribution in [0.1, 0.15) is 46.5 Å². The van der Waals surface area contributed by atoms with Crippen molar-refractivity contribution in [2.24, 2.45) is 11.8 Å². The number of aliphatic hydroxyl groups is 1. The second-order valence-corrected chi connectivity index (χ2v) is 4.58. The van der Waals surface area contributed by atoms with Gasteiger partial charge in [0.2, 0.25) is 0 Å². The van der Waals surface area contributed by atoms with Crippen molar-refractivity contribution in [3.05, 3.63) is 0 Å². The molecular weight excluding hydrogens is 176 g/mol. The van der Waals surface area contributed by atoms with Crippen molar-refractivity contribution < 1.29 is 9.84 Å². The zero-order chi connectivity index (χ0) is 10.8. The molecule has 0 aliphatic carbocycles. The molecule has 0 aromatic carbocycles. The molecule has 0 spiro atoms. The summed E-state index contributed by atoms with van der Waals surface area (Å²) in [6, 6.07) is 0. The van der Waals surface area contributed by atoms with Gasteiger partial charge in [-0.3, -0.25) is 0 Å². The highest BCUT2D eigenvalue weighted by atomic mass is 16.5. The van der Waals surface area contributed by atoms with Crippen molar-refractivity contribution >= 4 is 0 Å². The van der Waals surface area contributed by atoms with E-state index < -0.39 is 0 Å². The molecule has 0 fully saturated rings. The molecule has 0 radical (unpaired) electrons. The van der Waals surface area contributed by atoms with Crippen molar-refractivity contribution in [2.75, 3.05) is 19.8 Å². The number of hydrogen-bond acceptors (Lipinski definition) is 2. The summed E-state index contributed by atoms with van der Waals surface area (Å²) in [4.78, 5) is 0. The summed E-state index contributed by atoms with van der Waals surface area (Å²) < 4.78 is 5.56. The first-order chi connectivity index (χ1) is 6.66. The van der Waals surface area contributed by atoms with Crippen molar-refractivity contribution in [1.82, 2.24) is 0 Å². The number of rotatable bonds is 9. The zero-order valence-electron chi connectivity index (χ0n) is 9.96. The fourth-order valence-corrected chi connectivity index (χ4v) is 1.40. The molecule has 0 saturated carbocycles. The van der Waals surface area contributed by atoms with Gasteiger partial charge in [-0.25, -0.2) is 0 Å². The summed E-state index contributed by atoms with van der Waals surface area (Å²) in [5.74, 6) is 1.37. The minimum Gasteiger partial charge on any atom is -0.396 e. The molecule has 1 unspecified atom stereocenters. The third-order valence-corrected chi connectivity index (χ3v) is 2.33. The molecule has 0 bridgehead atoms. The quantitative estimate of drug-likeness (QED) is 0.583. The summed E-state index contributed by atoms with van der Waals surface area (Å²) in [5.41, 5.74) is 0. The van der Waals surface area contributed by atoms with Gasteiger partial charge in [-0.05, 0) is 37.5 Å². The maximum atomic E-state index is 8.65. The first-order valence-electron chi connectivity index (χ1n) is 5.85. The van der Waals surface area contributed by atoms with Crippen molar-refractivity contribution in [1.29, 1.82) is 0 Å². The Morgan fingerprint density at radius 3 is 2.36 bits per heavy atom. The number of aliphatic hydroxyl groups excluding tert-OH is 1. The Kier molecular flexibility index (Phi) is 9.42. The minimum absolute atomic E-state index is 0.303.